The first-order valence-corrected chi connectivity index (χ1v) is 9.87. The molecule has 1 fully saturated rings. The first kappa shape index (κ1) is 19.3. The van der Waals surface area contributed by atoms with E-state index < -0.39 is 6.09 Å². The summed E-state index contributed by atoms with van der Waals surface area (Å²) in [4.78, 5) is 16.8. The number of pyridine rings is 1. The molecule has 1 N–H and O–H groups in total. The van der Waals surface area contributed by atoms with Crippen molar-refractivity contribution in [1.82, 2.24) is 9.88 Å². The number of rotatable bonds is 5. The van der Waals surface area contributed by atoms with Crippen LogP contribution in [0.1, 0.15) is 18.4 Å². The van der Waals surface area contributed by atoms with Crippen LogP contribution in [-0.2, 0) is 6.61 Å². The standard InChI is InChI=1S/C22H21ClN2O4/c23-19-13-18-16(6-9-24-21(18)28-14-15-4-2-1-3-5-15)12-20(19)29-17-7-10-25(11-8-17)22(26)27/h1-6,9,12-13,17H,7-8,10-11,14H2,(H,26,27). The third-order valence-corrected chi connectivity index (χ3v) is 5.30. The van der Waals surface area contributed by atoms with Crippen molar-refractivity contribution in [1.29, 1.82) is 0 Å². The van der Waals surface area contributed by atoms with Gasteiger partial charge in [-0.05, 0) is 29.1 Å². The quantitative estimate of drug-likeness (QED) is 0.639. The van der Waals surface area contributed by atoms with E-state index in [0.717, 1.165) is 16.3 Å². The van der Waals surface area contributed by atoms with Crippen molar-refractivity contribution in [2.24, 2.45) is 0 Å². The number of ether oxygens (including phenoxy) is 2. The Kier molecular flexibility index (Phi) is 5.71. The molecule has 0 radical (unpaired) electrons. The molecule has 2 heterocycles. The number of carbonyl (C=O) groups is 1. The number of benzene rings is 2. The van der Waals surface area contributed by atoms with Gasteiger partial charge in [0, 0.05) is 37.5 Å². The average molecular weight is 413 g/mol. The van der Waals surface area contributed by atoms with Crippen LogP contribution in [0.25, 0.3) is 10.8 Å². The molecule has 0 unspecified atom stereocenters. The third kappa shape index (κ3) is 4.54. The molecule has 1 amide bonds. The monoisotopic (exact) mass is 412 g/mol. The van der Waals surface area contributed by atoms with E-state index in [2.05, 4.69) is 4.98 Å². The van der Waals surface area contributed by atoms with Gasteiger partial charge in [-0.3, -0.25) is 0 Å². The maximum atomic E-state index is 11.0. The summed E-state index contributed by atoms with van der Waals surface area (Å²) in [5.41, 5.74) is 1.06. The van der Waals surface area contributed by atoms with E-state index in [0.29, 0.717) is 49.2 Å². The van der Waals surface area contributed by atoms with Gasteiger partial charge >= 0.3 is 6.09 Å². The fourth-order valence-electron chi connectivity index (χ4n) is 3.42. The van der Waals surface area contributed by atoms with Crippen molar-refractivity contribution in [2.75, 3.05) is 13.1 Å². The van der Waals surface area contributed by atoms with Crippen LogP contribution in [0.3, 0.4) is 0 Å². The Morgan fingerprint density at radius 1 is 1.17 bits per heavy atom. The van der Waals surface area contributed by atoms with E-state index in [1.165, 1.54) is 4.90 Å². The maximum Gasteiger partial charge on any atom is 0.407 e. The molecular formula is C22H21ClN2O4. The van der Waals surface area contributed by atoms with E-state index in [9.17, 15) is 4.79 Å². The molecule has 0 aliphatic carbocycles. The molecule has 2 aromatic carbocycles. The topological polar surface area (TPSA) is 71.9 Å². The summed E-state index contributed by atoms with van der Waals surface area (Å²) in [7, 11) is 0. The largest absolute Gasteiger partial charge is 0.489 e. The van der Waals surface area contributed by atoms with Crippen LogP contribution in [0.5, 0.6) is 11.6 Å². The molecule has 1 aliphatic heterocycles. The van der Waals surface area contributed by atoms with Gasteiger partial charge in [0.2, 0.25) is 5.88 Å². The normalized spacial score (nSPS) is 14.7. The number of piperidine rings is 1. The lowest BCUT2D eigenvalue weighted by atomic mass is 10.1. The van der Waals surface area contributed by atoms with Crippen LogP contribution in [0.2, 0.25) is 5.02 Å². The van der Waals surface area contributed by atoms with Crippen LogP contribution in [0.4, 0.5) is 4.79 Å². The van der Waals surface area contributed by atoms with Gasteiger partial charge in [0.1, 0.15) is 18.5 Å². The van der Waals surface area contributed by atoms with E-state index in [-0.39, 0.29) is 6.10 Å². The zero-order valence-corrected chi connectivity index (χ0v) is 16.5. The molecule has 1 aliphatic rings. The molecule has 6 nitrogen and oxygen atoms in total. The molecule has 3 aromatic rings. The number of halogens is 1. The second-order valence-electron chi connectivity index (χ2n) is 6.98. The smallest absolute Gasteiger partial charge is 0.407 e. The summed E-state index contributed by atoms with van der Waals surface area (Å²) in [5, 5.41) is 11.3. The molecule has 4 rings (SSSR count). The lowest BCUT2D eigenvalue weighted by Crippen LogP contribution is -2.41. The molecule has 1 aromatic heterocycles. The van der Waals surface area contributed by atoms with Crippen LogP contribution >= 0.6 is 11.6 Å². The van der Waals surface area contributed by atoms with E-state index in [1.807, 2.05) is 48.5 Å². The average Bonchev–Trinajstić information content (AvgIpc) is 2.74. The van der Waals surface area contributed by atoms with Crippen molar-refractivity contribution in [3.8, 4) is 11.6 Å². The predicted molar refractivity (Wildman–Crippen MR) is 111 cm³/mol. The molecular weight excluding hydrogens is 392 g/mol. The summed E-state index contributed by atoms with van der Waals surface area (Å²) in [5.74, 6) is 1.11. The lowest BCUT2D eigenvalue weighted by molar-refractivity contribution is 0.0896. The molecule has 150 valence electrons. The highest BCUT2D eigenvalue weighted by Gasteiger charge is 2.24. The Balaban J connectivity index is 1.49. The van der Waals surface area contributed by atoms with Crippen molar-refractivity contribution >= 4 is 28.5 Å². The number of hydrogen-bond donors (Lipinski definition) is 1. The van der Waals surface area contributed by atoms with E-state index >= 15 is 0 Å². The third-order valence-electron chi connectivity index (χ3n) is 5.00. The zero-order chi connectivity index (χ0) is 20.2. The van der Waals surface area contributed by atoms with Crippen LogP contribution < -0.4 is 9.47 Å². The van der Waals surface area contributed by atoms with Gasteiger partial charge in [-0.2, -0.15) is 0 Å². The fourth-order valence-corrected chi connectivity index (χ4v) is 3.63. The first-order chi connectivity index (χ1) is 14.1. The minimum atomic E-state index is -0.886. The van der Waals surface area contributed by atoms with Crippen LogP contribution in [-0.4, -0.2) is 40.3 Å². The number of fused-ring (bicyclic) bond motifs is 1. The van der Waals surface area contributed by atoms with Gasteiger partial charge in [0.05, 0.1) is 5.02 Å². The minimum Gasteiger partial charge on any atom is -0.489 e. The number of aromatic nitrogens is 1. The maximum absolute atomic E-state index is 11.0. The van der Waals surface area contributed by atoms with Gasteiger partial charge in [0.15, 0.2) is 0 Å². The summed E-state index contributed by atoms with van der Waals surface area (Å²) in [6.45, 7) is 1.35. The molecule has 0 bridgehead atoms. The number of carboxylic acid groups (broad SMARTS) is 1. The number of nitrogens with zero attached hydrogens (tertiary/aromatic N) is 2. The van der Waals surface area contributed by atoms with Gasteiger partial charge in [-0.1, -0.05) is 41.9 Å². The van der Waals surface area contributed by atoms with Gasteiger partial charge in [-0.25, -0.2) is 9.78 Å². The number of hydrogen-bond acceptors (Lipinski definition) is 4. The molecule has 0 spiro atoms. The second-order valence-corrected chi connectivity index (χ2v) is 7.39. The Morgan fingerprint density at radius 2 is 1.93 bits per heavy atom. The SMILES string of the molecule is O=C(O)N1CCC(Oc2cc3ccnc(OCc4ccccc4)c3cc2Cl)CC1. The summed E-state index contributed by atoms with van der Waals surface area (Å²) < 4.78 is 12.0. The van der Waals surface area contributed by atoms with Gasteiger partial charge in [-0.15, -0.1) is 0 Å². The van der Waals surface area contributed by atoms with Gasteiger partial charge < -0.3 is 19.5 Å². The van der Waals surface area contributed by atoms with Crippen molar-refractivity contribution in [2.45, 2.75) is 25.6 Å². The molecule has 29 heavy (non-hydrogen) atoms. The lowest BCUT2D eigenvalue weighted by Gasteiger charge is -2.30. The van der Waals surface area contributed by atoms with Crippen molar-refractivity contribution in [3.63, 3.8) is 0 Å². The van der Waals surface area contributed by atoms with E-state index in [4.69, 9.17) is 26.2 Å². The Hall–Kier alpha value is -2.99. The van der Waals surface area contributed by atoms with Crippen LogP contribution in [0, 0.1) is 0 Å². The van der Waals surface area contributed by atoms with Crippen LogP contribution in [0.15, 0.2) is 54.7 Å². The molecule has 0 saturated carbocycles. The summed E-state index contributed by atoms with van der Waals surface area (Å²) in [6.07, 6.45) is 2.04. The highest BCUT2D eigenvalue weighted by Crippen LogP contribution is 2.35. The van der Waals surface area contributed by atoms with Crippen molar-refractivity contribution < 1.29 is 19.4 Å². The number of amides is 1. The highest BCUT2D eigenvalue weighted by atomic mass is 35.5. The van der Waals surface area contributed by atoms with E-state index in [1.54, 1.807) is 6.20 Å². The number of likely N-dealkylation sites (tertiary alicyclic amines) is 1. The Bertz CT molecular complexity index is 1000. The van der Waals surface area contributed by atoms with Crippen molar-refractivity contribution in [3.05, 3.63) is 65.3 Å². The minimum absolute atomic E-state index is 0.0591. The Morgan fingerprint density at radius 3 is 2.66 bits per heavy atom. The van der Waals surface area contributed by atoms with Gasteiger partial charge in [0.25, 0.3) is 0 Å². The summed E-state index contributed by atoms with van der Waals surface area (Å²) in [6, 6.07) is 15.5. The molecule has 7 heteroatoms. The first-order valence-electron chi connectivity index (χ1n) is 9.49. The molecule has 0 atom stereocenters. The fraction of sp³-hybridized carbons (Fsp3) is 0.273. The predicted octanol–water partition coefficient (Wildman–Crippen LogP) is 4.99. The highest BCUT2D eigenvalue weighted by molar-refractivity contribution is 6.33. The molecule has 1 saturated heterocycles. The Labute approximate surface area is 173 Å². The zero-order valence-electron chi connectivity index (χ0n) is 15.8. The summed E-state index contributed by atoms with van der Waals surface area (Å²) >= 11 is 6.48. The second kappa shape index (κ2) is 8.57.